The Labute approximate surface area is 146 Å². The Morgan fingerprint density at radius 3 is 2.71 bits per heavy atom. The minimum absolute atomic E-state index is 0.118. The first-order chi connectivity index (χ1) is 11.5. The number of anilines is 1. The van der Waals surface area contributed by atoms with Crippen LogP contribution in [0.15, 0.2) is 29.6 Å². The minimum atomic E-state index is -0.124. The van der Waals surface area contributed by atoms with Crippen molar-refractivity contribution in [3.63, 3.8) is 0 Å². The van der Waals surface area contributed by atoms with Gasteiger partial charge in [-0.25, -0.2) is 0 Å². The molecule has 1 aliphatic carbocycles. The van der Waals surface area contributed by atoms with E-state index in [4.69, 9.17) is 0 Å². The van der Waals surface area contributed by atoms with Gasteiger partial charge in [0, 0.05) is 24.4 Å². The molecule has 0 spiro atoms. The summed E-state index contributed by atoms with van der Waals surface area (Å²) in [5.74, 6) is 0.443. The predicted molar refractivity (Wildman–Crippen MR) is 97.9 cm³/mol. The van der Waals surface area contributed by atoms with Crippen molar-refractivity contribution in [2.24, 2.45) is 5.92 Å². The summed E-state index contributed by atoms with van der Waals surface area (Å²) in [6, 6.07) is 7.14. The zero-order valence-corrected chi connectivity index (χ0v) is 15.1. The molecule has 24 heavy (non-hydrogen) atoms. The normalized spacial score (nSPS) is 16.4. The molecule has 0 fully saturated rings. The molecule has 0 saturated heterocycles. The van der Waals surface area contributed by atoms with Gasteiger partial charge in [0.15, 0.2) is 0 Å². The van der Waals surface area contributed by atoms with E-state index >= 15 is 0 Å². The van der Waals surface area contributed by atoms with E-state index in [0.29, 0.717) is 17.2 Å². The Kier molecular flexibility index (Phi) is 4.71. The number of nitrogens with zero attached hydrogens (tertiary/aromatic N) is 1. The van der Waals surface area contributed by atoms with Crippen LogP contribution in [0.2, 0.25) is 0 Å². The lowest BCUT2D eigenvalue weighted by Gasteiger charge is -2.19. The fourth-order valence-corrected chi connectivity index (χ4v) is 4.32. The Morgan fingerprint density at radius 2 is 1.96 bits per heavy atom. The van der Waals surface area contributed by atoms with E-state index in [1.165, 1.54) is 15.3 Å². The molecule has 5 heteroatoms. The molecule has 1 atom stereocenters. The van der Waals surface area contributed by atoms with Crippen molar-refractivity contribution in [3.05, 3.63) is 51.2 Å². The zero-order chi connectivity index (χ0) is 17.3. The van der Waals surface area contributed by atoms with Crippen molar-refractivity contribution in [2.45, 2.75) is 26.2 Å². The number of benzene rings is 1. The third kappa shape index (κ3) is 3.22. The molecule has 1 unspecified atom stereocenters. The molecule has 1 heterocycles. The first-order valence-corrected chi connectivity index (χ1v) is 9.06. The standard InChI is InChI=1S/C19H22N2O2S/c1-12-8-9-13-15(11-24-17(13)10-12)18(22)20-16-7-5-4-6-14(16)19(23)21(2)3/h4-7,11-12H,8-10H2,1-3H3,(H,20,22). The number of rotatable bonds is 3. The number of para-hydroxylation sites is 1. The Balaban J connectivity index is 1.85. The summed E-state index contributed by atoms with van der Waals surface area (Å²) in [5, 5.41) is 4.88. The van der Waals surface area contributed by atoms with Crippen molar-refractivity contribution in [1.29, 1.82) is 0 Å². The van der Waals surface area contributed by atoms with Crippen LogP contribution in [0, 0.1) is 5.92 Å². The lowest BCUT2D eigenvalue weighted by molar-refractivity contribution is 0.0828. The topological polar surface area (TPSA) is 49.4 Å². The summed E-state index contributed by atoms with van der Waals surface area (Å²) < 4.78 is 0. The van der Waals surface area contributed by atoms with Crippen LogP contribution in [0.3, 0.4) is 0 Å². The van der Waals surface area contributed by atoms with Gasteiger partial charge >= 0.3 is 0 Å². The average Bonchev–Trinajstić information content (AvgIpc) is 2.97. The van der Waals surface area contributed by atoms with Crippen LogP contribution >= 0.6 is 11.3 Å². The van der Waals surface area contributed by atoms with Gasteiger partial charge in [0.2, 0.25) is 0 Å². The second-order valence-corrected chi connectivity index (χ2v) is 7.56. The molecule has 0 saturated carbocycles. The summed E-state index contributed by atoms with van der Waals surface area (Å²) in [6.45, 7) is 2.26. The van der Waals surface area contributed by atoms with Crippen LogP contribution < -0.4 is 5.32 Å². The quantitative estimate of drug-likeness (QED) is 0.922. The molecule has 1 N–H and O–H groups in total. The number of hydrogen-bond donors (Lipinski definition) is 1. The molecule has 1 aromatic heterocycles. The molecule has 2 aromatic rings. The molecule has 3 rings (SSSR count). The van der Waals surface area contributed by atoms with Crippen LogP contribution in [0.25, 0.3) is 0 Å². The van der Waals surface area contributed by atoms with Crippen LogP contribution in [0.4, 0.5) is 5.69 Å². The third-order valence-corrected chi connectivity index (χ3v) is 5.51. The number of fused-ring (bicyclic) bond motifs is 1. The van der Waals surface area contributed by atoms with Gasteiger partial charge in [-0.2, -0.15) is 0 Å². The minimum Gasteiger partial charge on any atom is -0.345 e. The van der Waals surface area contributed by atoms with Crippen LogP contribution in [0.5, 0.6) is 0 Å². The highest BCUT2D eigenvalue weighted by molar-refractivity contribution is 7.10. The average molecular weight is 342 g/mol. The highest BCUT2D eigenvalue weighted by atomic mass is 32.1. The van der Waals surface area contributed by atoms with Crippen molar-refractivity contribution in [2.75, 3.05) is 19.4 Å². The first kappa shape index (κ1) is 16.7. The Bertz CT molecular complexity index is 779. The van der Waals surface area contributed by atoms with E-state index in [1.54, 1.807) is 43.6 Å². The first-order valence-electron chi connectivity index (χ1n) is 8.18. The zero-order valence-electron chi connectivity index (χ0n) is 14.3. The number of carbonyl (C=O) groups excluding carboxylic acids is 2. The molecule has 0 aliphatic heterocycles. The van der Waals surface area contributed by atoms with E-state index in [0.717, 1.165) is 24.8 Å². The second-order valence-electron chi connectivity index (χ2n) is 6.60. The largest absolute Gasteiger partial charge is 0.345 e. The fraction of sp³-hybridized carbons (Fsp3) is 0.368. The Hall–Kier alpha value is -2.14. The van der Waals surface area contributed by atoms with Gasteiger partial charge < -0.3 is 10.2 Å². The molecule has 1 aliphatic rings. The predicted octanol–water partition coefficient (Wildman–Crippen LogP) is 3.83. The molecule has 126 valence electrons. The highest BCUT2D eigenvalue weighted by Crippen LogP contribution is 2.33. The number of thiophene rings is 1. The maximum absolute atomic E-state index is 12.7. The van der Waals surface area contributed by atoms with E-state index in [2.05, 4.69) is 12.2 Å². The van der Waals surface area contributed by atoms with Crippen molar-refractivity contribution >= 4 is 28.8 Å². The molecule has 1 aromatic carbocycles. The van der Waals surface area contributed by atoms with Gasteiger partial charge in [-0.15, -0.1) is 11.3 Å². The maximum Gasteiger partial charge on any atom is 0.256 e. The van der Waals surface area contributed by atoms with E-state index in [1.807, 2.05) is 11.4 Å². The van der Waals surface area contributed by atoms with Crippen molar-refractivity contribution < 1.29 is 9.59 Å². The van der Waals surface area contributed by atoms with E-state index in [9.17, 15) is 9.59 Å². The highest BCUT2D eigenvalue weighted by Gasteiger charge is 2.24. The lowest BCUT2D eigenvalue weighted by atomic mass is 9.88. The van der Waals surface area contributed by atoms with E-state index in [-0.39, 0.29) is 11.8 Å². The SMILES string of the molecule is CC1CCc2c(C(=O)Nc3ccccc3C(=O)N(C)C)csc2C1. The van der Waals surface area contributed by atoms with Crippen LogP contribution in [0.1, 0.15) is 44.5 Å². The fourth-order valence-electron chi connectivity index (χ4n) is 3.08. The van der Waals surface area contributed by atoms with Gasteiger partial charge in [-0.05, 0) is 42.9 Å². The van der Waals surface area contributed by atoms with Crippen LogP contribution in [-0.2, 0) is 12.8 Å². The third-order valence-electron chi connectivity index (χ3n) is 4.46. The summed E-state index contributed by atoms with van der Waals surface area (Å²) in [7, 11) is 3.41. The number of carbonyl (C=O) groups is 2. The lowest BCUT2D eigenvalue weighted by Crippen LogP contribution is -2.24. The molecule has 4 nitrogen and oxygen atoms in total. The van der Waals surface area contributed by atoms with Gasteiger partial charge in [-0.1, -0.05) is 19.1 Å². The van der Waals surface area contributed by atoms with Gasteiger partial charge in [0.25, 0.3) is 11.8 Å². The molecule has 2 amide bonds. The summed E-state index contributed by atoms with van der Waals surface area (Å²) in [5.41, 5.74) is 3.01. The second kappa shape index (κ2) is 6.77. The van der Waals surface area contributed by atoms with Crippen molar-refractivity contribution in [3.8, 4) is 0 Å². The van der Waals surface area contributed by atoms with Gasteiger partial charge in [0.05, 0.1) is 16.8 Å². The summed E-state index contributed by atoms with van der Waals surface area (Å²) in [4.78, 5) is 27.9. The monoisotopic (exact) mass is 342 g/mol. The van der Waals surface area contributed by atoms with Gasteiger partial charge in [0.1, 0.15) is 0 Å². The molecule has 0 radical (unpaired) electrons. The summed E-state index contributed by atoms with van der Waals surface area (Å²) in [6.07, 6.45) is 3.14. The molecule has 0 bridgehead atoms. The number of amides is 2. The molecular weight excluding hydrogens is 320 g/mol. The van der Waals surface area contributed by atoms with Crippen LogP contribution in [-0.4, -0.2) is 30.8 Å². The Morgan fingerprint density at radius 1 is 1.21 bits per heavy atom. The number of nitrogens with one attached hydrogen (secondary N) is 1. The summed E-state index contributed by atoms with van der Waals surface area (Å²) >= 11 is 1.67. The van der Waals surface area contributed by atoms with Gasteiger partial charge in [-0.3, -0.25) is 9.59 Å². The molecular formula is C19H22N2O2S. The number of hydrogen-bond acceptors (Lipinski definition) is 3. The van der Waals surface area contributed by atoms with E-state index < -0.39 is 0 Å². The van der Waals surface area contributed by atoms with Crippen molar-refractivity contribution in [1.82, 2.24) is 4.90 Å². The maximum atomic E-state index is 12.7. The smallest absolute Gasteiger partial charge is 0.256 e.